The number of carbonyl (C=O) groups is 3. The summed E-state index contributed by atoms with van der Waals surface area (Å²) >= 11 is 3.45. The van der Waals surface area contributed by atoms with Gasteiger partial charge in [0.05, 0.1) is 17.2 Å². The van der Waals surface area contributed by atoms with Crippen LogP contribution in [0.5, 0.6) is 0 Å². The van der Waals surface area contributed by atoms with Gasteiger partial charge >= 0.3 is 0 Å². The van der Waals surface area contributed by atoms with Gasteiger partial charge in [0.1, 0.15) is 6.04 Å². The van der Waals surface area contributed by atoms with Crippen molar-refractivity contribution in [1.82, 2.24) is 10.2 Å². The van der Waals surface area contributed by atoms with Crippen LogP contribution in [0.4, 0.5) is 0 Å². The third-order valence-electron chi connectivity index (χ3n) is 4.23. The highest BCUT2D eigenvalue weighted by atomic mass is 79.9. The smallest absolute Gasteiger partial charge is 0.262 e. The zero-order chi connectivity index (χ0) is 16.1. The van der Waals surface area contributed by atoms with Gasteiger partial charge in [0.15, 0.2) is 0 Å². The molecule has 5 nitrogen and oxygen atoms in total. The van der Waals surface area contributed by atoms with E-state index in [0.29, 0.717) is 11.1 Å². The fourth-order valence-corrected chi connectivity index (χ4v) is 3.61. The molecule has 2 aliphatic heterocycles. The molecule has 1 saturated heterocycles. The van der Waals surface area contributed by atoms with Crippen LogP contribution in [0.15, 0.2) is 53.0 Å². The van der Waals surface area contributed by atoms with Crippen LogP contribution in [0.25, 0.3) is 0 Å². The number of β-lactam (4-membered cyclic amide) rings is 1. The molecule has 2 aromatic carbocycles. The van der Waals surface area contributed by atoms with E-state index in [9.17, 15) is 14.4 Å². The third kappa shape index (κ3) is 1.95. The van der Waals surface area contributed by atoms with E-state index in [1.165, 1.54) is 0 Å². The zero-order valence-corrected chi connectivity index (χ0v) is 13.4. The minimum Gasteiger partial charge on any atom is -0.345 e. The Hall–Kier alpha value is -2.47. The van der Waals surface area contributed by atoms with E-state index in [4.69, 9.17) is 0 Å². The molecule has 0 bridgehead atoms. The number of benzene rings is 2. The van der Waals surface area contributed by atoms with Crippen molar-refractivity contribution >= 4 is 33.7 Å². The largest absolute Gasteiger partial charge is 0.345 e. The first-order valence-corrected chi connectivity index (χ1v) is 7.90. The van der Waals surface area contributed by atoms with Crippen molar-refractivity contribution in [3.8, 4) is 0 Å². The van der Waals surface area contributed by atoms with E-state index in [2.05, 4.69) is 21.2 Å². The van der Waals surface area contributed by atoms with Crippen LogP contribution in [-0.4, -0.2) is 28.7 Å². The number of imide groups is 1. The molecule has 1 fully saturated rings. The minimum atomic E-state index is -0.818. The lowest BCUT2D eigenvalue weighted by molar-refractivity contribution is -0.135. The van der Waals surface area contributed by atoms with Crippen molar-refractivity contribution < 1.29 is 14.4 Å². The molecule has 23 heavy (non-hydrogen) atoms. The quantitative estimate of drug-likeness (QED) is 0.651. The second-order valence-electron chi connectivity index (χ2n) is 5.48. The van der Waals surface area contributed by atoms with E-state index in [0.717, 1.165) is 14.9 Å². The molecule has 2 heterocycles. The molecule has 2 atom stereocenters. The van der Waals surface area contributed by atoms with E-state index >= 15 is 0 Å². The van der Waals surface area contributed by atoms with E-state index in [-0.39, 0.29) is 5.91 Å². The molecule has 0 radical (unpaired) electrons. The number of halogens is 1. The summed E-state index contributed by atoms with van der Waals surface area (Å²) in [4.78, 5) is 38.3. The van der Waals surface area contributed by atoms with Crippen LogP contribution in [0.2, 0.25) is 0 Å². The first-order chi connectivity index (χ1) is 11.1. The number of hydrogen-bond donors (Lipinski definition) is 1. The average molecular weight is 371 g/mol. The molecule has 6 heteroatoms. The van der Waals surface area contributed by atoms with Gasteiger partial charge in [0.25, 0.3) is 11.8 Å². The molecule has 2 aliphatic rings. The fraction of sp³-hybridized carbons (Fsp3) is 0.118. The molecular weight excluding hydrogens is 360 g/mol. The second-order valence-corrected chi connectivity index (χ2v) is 6.33. The summed E-state index contributed by atoms with van der Waals surface area (Å²) in [5.41, 5.74) is 1.54. The Morgan fingerprint density at radius 2 is 1.43 bits per heavy atom. The van der Waals surface area contributed by atoms with Crippen LogP contribution in [-0.2, 0) is 4.79 Å². The van der Waals surface area contributed by atoms with Gasteiger partial charge in [-0.1, -0.05) is 46.3 Å². The Balaban J connectivity index is 1.73. The number of carbonyl (C=O) groups excluding carboxylic acids is 3. The van der Waals surface area contributed by atoms with E-state index in [1.807, 2.05) is 24.3 Å². The molecule has 0 spiro atoms. The molecule has 2 aromatic rings. The normalized spacial score (nSPS) is 22.7. The Bertz CT molecular complexity index is 829. The van der Waals surface area contributed by atoms with Crippen LogP contribution in [0.1, 0.15) is 32.3 Å². The Morgan fingerprint density at radius 3 is 2.00 bits per heavy atom. The molecule has 4 rings (SSSR count). The van der Waals surface area contributed by atoms with Gasteiger partial charge in [-0.05, 0) is 23.8 Å². The van der Waals surface area contributed by atoms with Gasteiger partial charge < -0.3 is 5.32 Å². The molecule has 0 aliphatic carbocycles. The highest BCUT2D eigenvalue weighted by molar-refractivity contribution is 9.10. The molecule has 0 aromatic heterocycles. The second kappa shape index (κ2) is 5.03. The molecule has 0 unspecified atom stereocenters. The van der Waals surface area contributed by atoms with Crippen LogP contribution in [0.3, 0.4) is 0 Å². The summed E-state index contributed by atoms with van der Waals surface area (Å²) in [6.45, 7) is 0. The van der Waals surface area contributed by atoms with Crippen molar-refractivity contribution in [3.05, 3.63) is 69.7 Å². The summed E-state index contributed by atoms with van der Waals surface area (Å²) in [5, 5.41) is 2.78. The minimum absolute atomic E-state index is 0.319. The highest BCUT2D eigenvalue weighted by Gasteiger charge is 2.52. The standard InChI is InChI=1S/C17H11BrN2O3/c18-12-8-4-3-7-11(12)13-14(15(21)19-13)20-16(22)9-5-1-2-6-10(9)17(20)23/h1-8,13-14H,(H,19,21)/t13-,14+/m0/s1. The van der Waals surface area contributed by atoms with Crippen molar-refractivity contribution in [2.24, 2.45) is 0 Å². The lowest BCUT2D eigenvalue weighted by Crippen LogP contribution is -2.65. The summed E-state index contributed by atoms with van der Waals surface area (Å²) < 4.78 is 0.826. The number of nitrogens with zero attached hydrogens (tertiary/aromatic N) is 1. The average Bonchev–Trinajstić information content (AvgIpc) is 2.79. The number of rotatable bonds is 2. The lowest BCUT2D eigenvalue weighted by Gasteiger charge is -2.41. The molecule has 3 amide bonds. The van der Waals surface area contributed by atoms with Gasteiger partial charge in [-0.25, -0.2) is 0 Å². The van der Waals surface area contributed by atoms with Crippen molar-refractivity contribution in [1.29, 1.82) is 0 Å². The summed E-state index contributed by atoms with van der Waals surface area (Å²) in [6.07, 6.45) is 0. The predicted molar refractivity (Wildman–Crippen MR) is 85.8 cm³/mol. The molecule has 0 saturated carbocycles. The van der Waals surface area contributed by atoms with Gasteiger partial charge in [0, 0.05) is 4.47 Å². The first-order valence-electron chi connectivity index (χ1n) is 7.11. The summed E-state index contributed by atoms with van der Waals surface area (Å²) in [6, 6.07) is 12.9. The topological polar surface area (TPSA) is 66.5 Å². The molecule has 114 valence electrons. The highest BCUT2D eigenvalue weighted by Crippen LogP contribution is 2.37. The number of nitrogens with one attached hydrogen (secondary N) is 1. The van der Waals surface area contributed by atoms with Crippen molar-refractivity contribution in [3.63, 3.8) is 0 Å². The first kappa shape index (κ1) is 14.1. The fourth-order valence-electron chi connectivity index (χ4n) is 3.07. The van der Waals surface area contributed by atoms with Gasteiger partial charge in [-0.3, -0.25) is 19.3 Å². The van der Waals surface area contributed by atoms with Crippen molar-refractivity contribution in [2.75, 3.05) is 0 Å². The van der Waals surface area contributed by atoms with Crippen molar-refractivity contribution in [2.45, 2.75) is 12.1 Å². The van der Waals surface area contributed by atoms with Gasteiger partial charge in [0.2, 0.25) is 5.91 Å². The van der Waals surface area contributed by atoms with Gasteiger partial charge in [-0.2, -0.15) is 0 Å². The van der Waals surface area contributed by atoms with Crippen LogP contribution in [0, 0.1) is 0 Å². The van der Waals surface area contributed by atoms with Gasteiger partial charge in [-0.15, -0.1) is 0 Å². The maximum absolute atomic E-state index is 12.6. The number of fused-ring (bicyclic) bond motifs is 1. The lowest BCUT2D eigenvalue weighted by atomic mass is 9.90. The maximum atomic E-state index is 12.6. The van der Waals surface area contributed by atoms with Crippen LogP contribution < -0.4 is 5.32 Å². The predicted octanol–water partition coefficient (Wildman–Crippen LogP) is 2.28. The maximum Gasteiger partial charge on any atom is 0.262 e. The SMILES string of the molecule is O=C1N[C@@H](c2ccccc2Br)[C@H]1N1C(=O)c2ccccc2C1=O. The van der Waals surface area contributed by atoms with E-state index < -0.39 is 23.9 Å². The Kier molecular flexibility index (Phi) is 3.09. The van der Waals surface area contributed by atoms with E-state index in [1.54, 1.807) is 24.3 Å². The molecule has 1 N–H and O–H groups in total. The number of amides is 3. The third-order valence-corrected chi connectivity index (χ3v) is 4.95. The Labute approximate surface area is 140 Å². The summed E-state index contributed by atoms with van der Waals surface area (Å²) in [7, 11) is 0. The monoisotopic (exact) mass is 370 g/mol. The molecular formula is C17H11BrN2O3. The zero-order valence-electron chi connectivity index (χ0n) is 11.8. The number of hydrogen-bond acceptors (Lipinski definition) is 3. The van der Waals surface area contributed by atoms with Crippen LogP contribution >= 0.6 is 15.9 Å². The summed E-state index contributed by atoms with van der Waals surface area (Å²) in [5.74, 6) is -1.15. The Morgan fingerprint density at radius 1 is 0.870 bits per heavy atom.